The zero-order valence-electron chi connectivity index (χ0n) is 7.78. The number of rotatable bonds is 2. The summed E-state index contributed by atoms with van der Waals surface area (Å²) >= 11 is 3.17. The Morgan fingerprint density at radius 3 is 2.73 bits per heavy atom. The fraction of sp³-hybridized carbons (Fsp3) is 0.125. The van der Waals surface area contributed by atoms with E-state index in [-0.39, 0.29) is 5.69 Å². The van der Waals surface area contributed by atoms with Gasteiger partial charge in [0.1, 0.15) is 0 Å². The molecule has 2 N–H and O–H groups in total. The third-order valence-corrected chi connectivity index (χ3v) is 2.33. The molecule has 0 saturated carbocycles. The maximum absolute atomic E-state index is 11.0. The number of carbonyl (C=O) groups is 1. The Bertz CT molecular complexity index is 408. The molecule has 0 aromatic heterocycles. The SMILES string of the molecule is CNC(=O)Nc1cc([N+](=O)[O-])ccc1Br. The fourth-order valence-electron chi connectivity index (χ4n) is 0.907. The normalized spacial score (nSPS) is 9.47. The Balaban J connectivity index is 3.00. The number of halogens is 1. The molecule has 15 heavy (non-hydrogen) atoms. The average molecular weight is 274 g/mol. The van der Waals surface area contributed by atoms with Gasteiger partial charge >= 0.3 is 6.03 Å². The van der Waals surface area contributed by atoms with E-state index in [1.54, 1.807) is 0 Å². The van der Waals surface area contributed by atoms with E-state index in [1.165, 1.54) is 25.2 Å². The Morgan fingerprint density at radius 2 is 2.20 bits per heavy atom. The van der Waals surface area contributed by atoms with Crippen molar-refractivity contribution in [3.05, 3.63) is 32.8 Å². The van der Waals surface area contributed by atoms with Crippen LogP contribution in [0.4, 0.5) is 16.2 Å². The number of amides is 2. The van der Waals surface area contributed by atoms with Gasteiger partial charge in [0, 0.05) is 23.7 Å². The van der Waals surface area contributed by atoms with Crippen molar-refractivity contribution in [3.8, 4) is 0 Å². The van der Waals surface area contributed by atoms with Gasteiger partial charge in [0.15, 0.2) is 0 Å². The lowest BCUT2D eigenvalue weighted by Crippen LogP contribution is -2.24. The van der Waals surface area contributed by atoms with E-state index in [2.05, 4.69) is 26.6 Å². The van der Waals surface area contributed by atoms with Gasteiger partial charge in [-0.3, -0.25) is 10.1 Å². The molecule has 0 spiro atoms. The first-order valence-corrected chi connectivity index (χ1v) is 4.76. The minimum Gasteiger partial charge on any atom is -0.341 e. The van der Waals surface area contributed by atoms with Crippen molar-refractivity contribution in [2.45, 2.75) is 0 Å². The molecule has 0 unspecified atom stereocenters. The highest BCUT2D eigenvalue weighted by Crippen LogP contribution is 2.26. The molecule has 0 atom stereocenters. The molecular weight excluding hydrogens is 266 g/mol. The number of nitro groups is 1. The van der Waals surface area contributed by atoms with Crippen LogP contribution in [-0.4, -0.2) is 18.0 Å². The summed E-state index contributed by atoms with van der Waals surface area (Å²) in [6, 6.07) is 3.69. The number of nitrogens with zero attached hydrogens (tertiary/aromatic N) is 1. The lowest BCUT2D eigenvalue weighted by molar-refractivity contribution is -0.384. The molecule has 0 aliphatic rings. The predicted molar refractivity (Wildman–Crippen MR) is 58.9 cm³/mol. The van der Waals surface area contributed by atoms with Crippen molar-refractivity contribution >= 4 is 33.3 Å². The summed E-state index contributed by atoms with van der Waals surface area (Å²) < 4.78 is 0.580. The lowest BCUT2D eigenvalue weighted by Gasteiger charge is -2.05. The molecule has 0 heterocycles. The highest BCUT2D eigenvalue weighted by Gasteiger charge is 2.10. The summed E-state index contributed by atoms with van der Waals surface area (Å²) in [5, 5.41) is 15.3. The van der Waals surface area contributed by atoms with E-state index < -0.39 is 11.0 Å². The number of carbonyl (C=O) groups excluding carboxylic acids is 1. The average Bonchev–Trinajstić information content (AvgIpc) is 2.20. The number of urea groups is 1. The number of hydrogen-bond donors (Lipinski definition) is 2. The first kappa shape index (κ1) is 11.4. The molecular formula is C8H8BrN3O3. The van der Waals surface area contributed by atoms with Crippen LogP contribution >= 0.6 is 15.9 Å². The van der Waals surface area contributed by atoms with Crippen molar-refractivity contribution < 1.29 is 9.72 Å². The second-order valence-corrected chi connectivity index (χ2v) is 3.48. The Morgan fingerprint density at radius 1 is 1.53 bits per heavy atom. The first-order chi connectivity index (χ1) is 7.04. The number of nitro benzene ring substituents is 1. The smallest absolute Gasteiger partial charge is 0.319 e. The van der Waals surface area contributed by atoms with Gasteiger partial charge < -0.3 is 10.6 Å². The Hall–Kier alpha value is -1.63. The first-order valence-electron chi connectivity index (χ1n) is 3.97. The minimum atomic E-state index is -0.526. The molecule has 6 nitrogen and oxygen atoms in total. The molecule has 0 aliphatic carbocycles. The highest BCUT2D eigenvalue weighted by molar-refractivity contribution is 9.10. The van der Waals surface area contributed by atoms with E-state index in [4.69, 9.17) is 0 Å². The molecule has 0 radical (unpaired) electrons. The zero-order chi connectivity index (χ0) is 11.4. The molecule has 0 saturated heterocycles. The number of hydrogen-bond acceptors (Lipinski definition) is 3. The molecule has 0 fully saturated rings. The molecule has 1 aromatic carbocycles. The molecule has 0 bridgehead atoms. The van der Waals surface area contributed by atoms with Crippen molar-refractivity contribution in [3.63, 3.8) is 0 Å². The summed E-state index contributed by atoms with van der Waals surface area (Å²) in [4.78, 5) is 21.0. The zero-order valence-corrected chi connectivity index (χ0v) is 9.37. The summed E-state index contributed by atoms with van der Waals surface area (Å²) in [5.41, 5.74) is 0.271. The number of benzene rings is 1. The third-order valence-electron chi connectivity index (χ3n) is 1.64. The van der Waals surface area contributed by atoms with Gasteiger partial charge in [-0.2, -0.15) is 0 Å². The van der Waals surface area contributed by atoms with Crippen LogP contribution in [-0.2, 0) is 0 Å². The van der Waals surface area contributed by atoms with Crippen LogP contribution in [0.1, 0.15) is 0 Å². The molecule has 80 valence electrons. The van der Waals surface area contributed by atoms with Gasteiger partial charge in [-0.15, -0.1) is 0 Å². The summed E-state index contributed by atoms with van der Waals surface area (Å²) in [6.45, 7) is 0. The molecule has 1 aromatic rings. The standard InChI is InChI=1S/C8H8BrN3O3/c1-10-8(13)11-7-4-5(12(14)15)2-3-6(7)9/h2-4H,1H3,(H2,10,11,13). The fourth-order valence-corrected chi connectivity index (χ4v) is 1.25. The van der Waals surface area contributed by atoms with Gasteiger partial charge in [0.25, 0.3) is 5.69 Å². The summed E-state index contributed by atoms with van der Waals surface area (Å²) in [7, 11) is 1.46. The van der Waals surface area contributed by atoms with Gasteiger partial charge in [-0.1, -0.05) is 0 Å². The van der Waals surface area contributed by atoms with Crippen molar-refractivity contribution in [2.75, 3.05) is 12.4 Å². The van der Waals surface area contributed by atoms with Crippen LogP contribution in [0, 0.1) is 10.1 Å². The van der Waals surface area contributed by atoms with E-state index in [0.29, 0.717) is 10.2 Å². The number of non-ortho nitro benzene ring substituents is 1. The van der Waals surface area contributed by atoms with Crippen LogP contribution in [0.2, 0.25) is 0 Å². The minimum absolute atomic E-state index is 0.0791. The van der Waals surface area contributed by atoms with E-state index in [0.717, 1.165) is 0 Å². The third kappa shape index (κ3) is 2.91. The van der Waals surface area contributed by atoms with Gasteiger partial charge in [0.2, 0.25) is 0 Å². The van der Waals surface area contributed by atoms with E-state index in [1.807, 2.05) is 0 Å². The molecule has 2 amide bonds. The Kier molecular flexibility index (Phi) is 3.62. The molecule has 1 rings (SSSR count). The van der Waals surface area contributed by atoms with Gasteiger partial charge in [-0.25, -0.2) is 4.79 Å². The quantitative estimate of drug-likeness (QED) is 0.639. The van der Waals surface area contributed by atoms with E-state index in [9.17, 15) is 14.9 Å². The Labute approximate surface area is 93.9 Å². The second kappa shape index (κ2) is 4.74. The van der Waals surface area contributed by atoms with Crippen molar-refractivity contribution in [1.29, 1.82) is 0 Å². The monoisotopic (exact) mass is 273 g/mol. The maximum Gasteiger partial charge on any atom is 0.319 e. The van der Waals surface area contributed by atoms with Gasteiger partial charge in [-0.05, 0) is 22.0 Å². The van der Waals surface area contributed by atoms with Crippen LogP contribution in [0.3, 0.4) is 0 Å². The van der Waals surface area contributed by atoms with E-state index >= 15 is 0 Å². The molecule has 7 heteroatoms. The highest BCUT2D eigenvalue weighted by atomic mass is 79.9. The van der Waals surface area contributed by atoms with Crippen LogP contribution in [0.5, 0.6) is 0 Å². The second-order valence-electron chi connectivity index (χ2n) is 2.63. The number of anilines is 1. The van der Waals surface area contributed by atoms with Crippen molar-refractivity contribution in [1.82, 2.24) is 5.32 Å². The summed E-state index contributed by atoms with van der Waals surface area (Å²) in [5.74, 6) is 0. The van der Waals surface area contributed by atoms with Crippen LogP contribution in [0.25, 0.3) is 0 Å². The van der Waals surface area contributed by atoms with Crippen molar-refractivity contribution in [2.24, 2.45) is 0 Å². The van der Waals surface area contributed by atoms with Crippen LogP contribution < -0.4 is 10.6 Å². The summed E-state index contributed by atoms with van der Waals surface area (Å²) in [6.07, 6.45) is 0. The predicted octanol–water partition coefficient (Wildman–Crippen LogP) is 2.11. The van der Waals surface area contributed by atoms with Crippen LogP contribution in [0.15, 0.2) is 22.7 Å². The topological polar surface area (TPSA) is 84.3 Å². The van der Waals surface area contributed by atoms with Gasteiger partial charge in [0.05, 0.1) is 10.6 Å². The maximum atomic E-state index is 11.0. The lowest BCUT2D eigenvalue weighted by atomic mass is 10.3. The molecule has 0 aliphatic heterocycles. The largest absolute Gasteiger partial charge is 0.341 e. The number of nitrogens with one attached hydrogen (secondary N) is 2.